The first-order valence-corrected chi connectivity index (χ1v) is 7.97. The molecule has 1 heterocycles. The number of nitrogens with zero attached hydrogens (tertiary/aromatic N) is 1. The summed E-state index contributed by atoms with van der Waals surface area (Å²) in [6.45, 7) is 2.01. The van der Waals surface area contributed by atoms with Gasteiger partial charge in [0.1, 0.15) is 0 Å². The lowest BCUT2D eigenvalue weighted by Gasteiger charge is -2.36. The molecule has 2 aliphatic carbocycles. The number of carbonyl (C=O) groups excluding carboxylic acids is 1. The van der Waals surface area contributed by atoms with E-state index in [4.69, 9.17) is 15.6 Å². The molecule has 3 rings (SSSR count). The Labute approximate surface area is 120 Å². The first-order valence-electron chi connectivity index (χ1n) is 7.97. The molecule has 1 amide bonds. The number of amides is 1. The quantitative estimate of drug-likeness (QED) is 0.780. The van der Waals surface area contributed by atoms with Gasteiger partial charge in [0.25, 0.3) is 0 Å². The van der Waals surface area contributed by atoms with Gasteiger partial charge in [0.05, 0.1) is 25.2 Å². The predicted octanol–water partition coefficient (Wildman–Crippen LogP) is 0.360. The first-order chi connectivity index (χ1) is 9.70. The fourth-order valence-electron chi connectivity index (χ4n) is 4.38. The zero-order valence-corrected chi connectivity index (χ0v) is 12.0. The molecule has 1 aliphatic heterocycles. The highest BCUT2D eigenvalue weighted by molar-refractivity contribution is 5.80. The molecule has 5 heteroatoms. The average Bonchev–Trinajstić information content (AvgIpc) is 3.06. The van der Waals surface area contributed by atoms with Crippen molar-refractivity contribution in [3.8, 4) is 0 Å². The Balaban J connectivity index is 1.52. The van der Waals surface area contributed by atoms with Crippen LogP contribution in [0, 0.1) is 17.8 Å². The largest absolute Gasteiger partial charge is 0.394 e. The summed E-state index contributed by atoms with van der Waals surface area (Å²) in [4.78, 5) is 14.7. The van der Waals surface area contributed by atoms with E-state index in [1.165, 1.54) is 12.8 Å². The molecule has 3 aliphatic rings. The molecule has 1 saturated heterocycles. The van der Waals surface area contributed by atoms with Crippen molar-refractivity contribution in [2.24, 2.45) is 23.5 Å². The third-order valence-electron chi connectivity index (χ3n) is 5.46. The third kappa shape index (κ3) is 2.59. The molecule has 20 heavy (non-hydrogen) atoms. The number of hydrogen-bond donors (Lipinski definition) is 2. The van der Waals surface area contributed by atoms with Gasteiger partial charge in [0, 0.05) is 19.1 Å². The Morgan fingerprint density at radius 1 is 1.20 bits per heavy atom. The van der Waals surface area contributed by atoms with Gasteiger partial charge in [0.2, 0.25) is 5.91 Å². The van der Waals surface area contributed by atoms with Crippen molar-refractivity contribution in [2.75, 3.05) is 26.3 Å². The molecule has 0 radical (unpaired) electrons. The summed E-state index contributed by atoms with van der Waals surface area (Å²) in [6.07, 6.45) is 5.51. The molecule has 0 aromatic heterocycles. The molecule has 5 nitrogen and oxygen atoms in total. The Hall–Kier alpha value is -0.650. The second-order valence-corrected chi connectivity index (χ2v) is 6.56. The molecule has 3 N–H and O–H groups in total. The molecule has 3 fully saturated rings. The summed E-state index contributed by atoms with van der Waals surface area (Å²) in [5.74, 6) is 1.47. The second kappa shape index (κ2) is 6.00. The number of nitrogens with two attached hydrogens (primary N) is 1. The fourth-order valence-corrected chi connectivity index (χ4v) is 4.38. The highest BCUT2D eigenvalue weighted by Crippen LogP contribution is 2.48. The second-order valence-electron chi connectivity index (χ2n) is 6.56. The molecule has 2 saturated carbocycles. The summed E-state index contributed by atoms with van der Waals surface area (Å²) < 4.78 is 5.54. The monoisotopic (exact) mass is 282 g/mol. The summed E-state index contributed by atoms with van der Waals surface area (Å²) in [7, 11) is 0. The summed E-state index contributed by atoms with van der Waals surface area (Å²) >= 11 is 0. The minimum atomic E-state index is 0.0686. The maximum absolute atomic E-state index is 12.7. The van der Waals surface area contributed by atoms with Gasteiger partial charge in [-0.25, -0.2) is 0 Å². The van der Waals surface area contributed by atoms with Crippen LogP contribution in [0.25, 0.3) is 0 Å². The van der Waals surface area contributed by atoms with Crippen LogP contribution in [0.2, 0.25) is 0 Å². The van der Waals surface area contributed by atoms with E-state index in [-0.39, 0.29) is 30.6 Å². The fraction of sp³-hybridized carbons (Fsp3) is 0.933. The van der Waals surface area contributed by atoms with Crippen LogP contribution < -0.4 is 5.73 Å². The lowest BCUT2D eigenvalue weighted by atomic mass is 9.83. The van der Waals surface area contributed by atoms with Crippen molar-refractivity contribution in [1.29, 1.82) is 0 Å². The van der Waals surface area contributed by atoms with E-state index in [0.717, 1.165) is 32.4 Å². The Kier molecular flexibility index (Phi) is 4.29. The van der Waals surface area contributed by atoms with Gasteiger partial charge >= 0.3 is 0 Å². The lowest BCUT2D eigenvalue weighted by Crippen LogP contribution is -2.50. The van der Waals surface area contributed by atoms with E-state index in [0.29, 0.717) is 18.4 Å². The maximum atomic E-state index is 12.7. The number of aliphatic hydroxyl groups is 1. The van der Waals surface area contributed by atoms with Gasteiger partial charge in [-0.05, 0) is 43.9 Å². The van der Waals surface area contributed by atoms with Crippen LogP contribution in [0.3, 0.4) is 0 Å². The molecule has 114 valence electrons. The molecule has 4 unspecified atom stereocenters. The molecular weight excluding hydrogens is 256 g/mol. The van der Waals surface area contributed by atoms with Gasteiger partial charge < -0.3 is 20.5 Å². The van der Waals surface area contributed by atoms with Crippen LogP contribution in [0.5, 0.6) is 0 Å². The minimum absolute atomic E-state index is 0.0686. The van der Waals surface area contributed by atoms with E-state index in [1.807, 2.05) is 4.90 Å². The van der Waals surface area contributed by atoms with Crippen molar-refractivity contribution < 1.29 is 14.6 Å². The maximum Gasteiger partial charge on any atom is 0.227 e. The molecule has 0 spiro atoms. The van der Waals surface area contributed by atoms with E-state index in [1.54, 1.807) is 0 Å². The number of carbonyl (C=O) groups is 1. The highest BCUT2D eigenvalue weighted by Gasteiger charge is 2.50. The zero-order chi connectivity index (χ0) is 14.1. The number of likely N-dealkylation sites (tertiary alicyclic amines) is 1. The number of ether oxygens (including phenoxy) is 1. The van der Waals surface area contributed by atoms with Crippen molar-refractivity contribution in [3.63, 3.8) is 0 Å². The minimum Gasteiger partial charge on any atom is -0.394 e. The van der Waals surface area contributed by atoms with Gasteiger partial charge in [-0.1, -0.05) is 0 Å². The normalized spacial score (nSPS) is 37.6. The van der Waals surface area contributed by atoms with Crippen molar-refractivity contribution >= 4 is 5.91 Å². The zero-order valence-electron chi connectivity index (χ0n) is 12.0. The molecule has 2 bridgehead atoms. The third-order valence-corrected chi connectivity index (χ3v) is 5.46. The molecule has 4 atom stereocenters. The van der Waals surface area contributed by atoms with E-state index in [9.17, 15) is 4.79 Å². The van der Waals surface area contributed by atoms with Gasteiger partial charge in [-0.15, -0.1) is 0 Å². The molecule has 0 aromatic rings. The summed E-state index contributed by atoms with van der Waals surface area (Å²) in [6, 6.07) is 0.0876. The number of aliphatic hydroxyl groups excluding tert-OH is 1. The van der Waals surface area contributed by atoms with Crippen LogP contribution in [0.15, 0.2) is 0 Å². The van der Waals surface area contributed by atoms with E-state index < -0.39 is 0 Å². The van der Waals surface area contributed by atoms with Crippen molar-refractivity contribution in [2.45, 2.75) is 44.2 Å². The average molecular weight is 282 g/mol. The number of piperidine rings is 1. The van der Waals surface area contributed by atoms with Crippen molar-refractivity contribution in [3.05, 3.63) is 0 Å². The number of fused-ring (bicyclic) bond motifs is 2. The number of hydrogen-bond acceptors (Lipinski definition) is 4. The Bertz CT molecular complexity index is 353. The number of rotatable bonds is 4. The van der Waals surface area contributed by atoms with E-state index in [2.05, 4.69) is 0 Å². The SMILES string of the molecule is NC1C2CCC(C2)C1C(=O)N1CCC(OCCO)CC1. The Morgan fingerprint density at radius 3 is 2.50 bits per heavy atom. The van der Waals surface area contributed by atoms with Gasteiger partial charge in [0.15, 0.2) is 0 Å². The summed E-state index contributed by atoms with van der Waals surface area (Å²) in [5, 5.41) is 8.77. The van der Waals surface area contributed by atoms with Crippen molar-refractivity contribution in [1.82, 2.24) is 4.90 Å². The predicted molar refractivity (Wildman–Crippen MR) is 74.9 cm³/mol. The van der Waals surface area contributed by atoms with Crippen LogP contribution in [0.4, 0.5) is 0 Å². The van der Waals surface area contributed by atoms with Crippen LogP contribution in [-0.4, -0.2) is 54.4 Å². The smallest absolute Gasteiger partial charge is 0.227 e. The van der Waals surface area contributed by atoms with Crippen LogP contribution in [0.1, 0.15) is 32.1 Å². The first kappa shape index (κ1) is 14.3. The Morgan fingerprint density at radius 2 is 1.90 bits per heavy atom. The van der Waals surface area contributed by atoms with Gasteiger partial charge in [-0.2, -0.15) is 0 Å². The highest BCUT2D eigenvalue weighted by atomic mass is 16.5. The standard InChI is InChI=1S/C15H26N2O3/c16-14-11-2-1-10(9-11)13(14)15(19)17-5-3-12(4-6-17)20-8-7-18/h10-14,18H,1-9,16H2. The molecular formula is C15H26N2O3. The van der Waals surface area contributed by atoms with E-state index >= 15 is 0 Å². The topological polar surface area (TPSA) is 75.8 Å². The molecule has 0 aromatic carbocycles. The lowest BCUT2D eigenvalue weighted by molar-refractivity contribution is -0.140. The van der Waals surface area contributed by atoms with Crippen LogP contribution in [-0.2, 0) is 9.53 Å². The van der Waals surface area contributed by atoms with Gasteiger partial charge in [-0.3, -0.25) is 4.79 Å². The van der Waals surface area contributed by atoms with Crippen LogP contribution >= 0.6 is 0 Å². The summed E-state index contributed by atoms with van der Waals surface area (Å²) in [5.41, 5.74) is 6.26.